The molecule has 0 radical (unpaired) electrons. The van der Waals surface area contributed by atoms with Gasteiger partial charge in [-0.3, -0.25) is 4.99 Å². The van der Waals surface area contributed by atoms with Gasteiger partial charge in [0.25, 0.3) is 0 Å². The summed E-state index contributed by atoms with van der Waals surface area (Å²) in [5.41, 5.74) is 1.10. The molecule has 0 saturated heterocycles. The first kappa shape index (κ1) is 7.41. The average molecular weight is 111 g/mol. The summed E-state index contributed by atoms with van der Waals surface area (Å²) in [5.74, 6) is 0. The molecule has 0 aliphatic heterocycles. The van der Waals surface area contributed by atoms with Gasteiger partial charge in [0.1, 0.15) is 0 Å². The van der Waals surface area contributed by atoms with Crippen molar-refractivity contribution in [3.05, 3.63) is 12.7 Å². The van der Waals surface area contributed by atoms with Crippen molar-refractivity contribution in [2.45, 2.75) is 20.3 Å². The maximum Gasteiger partial charge on any atom is 0.0364 e. The Morgan fingerprint density at radius 3 is 2.38 bits per heavy atom. The Balaban J connectivity index is 3.66. The molecule has 0 atom stereocenters. The molecular formula is C7H13N. The molecule has 1 heteroatoms. The number of hydrogen-bond acceptors (Lipinski definition) is 1. The zero-order valence-corrected chi connectivity index (χ0v) is 5.65. The Morgan fingerprint density at radius 1 is 1.62 bits per heavy atom. The van der Waals surface area contributed by atoms with Crippen LogP contribution in [0.2, 0.25) is 0 Å². The number of rotatable bonds is 3. The molecular weight excluding hydrogens is 98.1 g/mol. The Bertz CT molecular complexity index is 92.6. The standard InChI is InChI=1S/C7H13N/c1-4-7(5-2)8-6-3/h4H,1,5-6H2,2-3H3/b8-7-. The molecule has 0 fully saturated rings. The van der Waals surface area contributed by atoms with Crippen molar-refractivity contribution in [2.24, 2.45) is 4.99 Å². The van der Waals surface area contributed by atoms with E-state index in [2.05, 4.69) is 18.5 Å². The Hall–Kier alpha value is -0.590. The van der Waals surface area contributed by atoms with Crippen LogP contribution < -0.4 is 0 Å². The molecule has 0 rings (SSSR count). The first-order chi connectivity index (χ1) is 3.85. The fourth-order valence-corrected chi connectivity index (χ4v) is 0.524. The molecule has 0 amide bonds. The van der Waals surface area contributed by atoms with E-state index in [1.807, 2.05) is 13.0 Å². The molecule has 1 nitrogen and oxygen atoms in total. The van der Waals surface area contributed by atoms with Gasteiger partial charge in [-0.2, -0.15) is 0 Å². The predicted molar refractivity (Wildman–Crippen MR) is 38.5 cm³/mol. The molecule has 0 aromatic heterocycles. The lowest BCUT2D eigenvalue weighted by Gasteiger charge is -1.90. The summed E-state index contributed by atoms with van der Waals surface area (Å²) in [5, 5.41) is 0. The molecule has 0 spiro atoms. The van der Waals surface area contributed by atoms with Crippen molar-refractivity contribution < 1.29 is 0 Å². The summed E-state index contributed by atoms with van der Waals surface area (Å²) < 4.78 is 0. The predicted octanol–water partition coefficient (Wildman–Crippen LogP) is 2.04. The van der Waals surface area contributed by atoms with Crippen molar-refractivity contribution in [3.63, 3.8) is 0 Å². The third-order valence-corrected chi connectivity index (χ3v) is 0.959. The van der Waals surface area contributed by atoms with E-state index in [4.69, 9.17) is 0 Å². The molecule has 46 valence electrons. The molecule has 0 aromatic carbocycles. The van der Waals surface area contributed by atoms with E-state index in [0.29, 0.717) is 0 Å². The van der Waals surface area contributed by atoms with Gasteiger partial charge in [0.05, 0.1) is 0 Å². The van der Waals surface area contributed by atoms with Gasteiger partial charge < -0.3 is 0 Å². The van der Waals surface area contributed by atoms with Crippen molar-refractivity contribution in [1.29, 1.82) is 0 Å². The second kappa shape index (κ2) is 4.57. The zero-order chi connectivity index (χ0) is 6.41. The van der Waals surface area contributed by atoms with Gasteiger partial charge in [0.15, 0.2) is 0 Å². The van der Waals surface area contributed by atoms with Gasteiger partial charge >= 0.3 is 0 Å². The van der Waals surface area contributed by atoms with Crippen molar-refractivity contribution in [2.75, 3.05) is 6.54 Å². The van der Waals surface area contributed by atoms with E-state index < -0.39 is 0 Å². The summed E-state index contributed by atoms with van der Waals surface area (Å²) in [7, 11) is 0. The largest absolute Gasteiger partial charge is 0.290 e. The summed E-state index contributed by atoms with van der Waals surface area (Å²) in [6, 6.07) is 0. The van der Waals surface area contributed by atoms with Crippen LogP contribution in [-0.4, -0.2) is 12.3 Å². The maximum atomic E-state index is 4.16. The van der Waals surface area contributed by atoms with Crippen LogP contribution in [0.4, 0.5) is 0 Å². The minimum absolute atomic E-state index is 0.870. The molecule has 0 heterocycles. The zero-order valence-electron chi connectivity index (χ0n) is 5.65. The van der Waals surface area contributed by atoms with Crippen LogP contribution in [0.25, 0.3) is 0 Å². The van der Waals surface area contributed by atoms with Crippen LogP contribution in [0, 0.1) is 0 Å². The molecule has 0 aliphatic rings. The first-order valence-corrected chi connectivity index (χ1v) is 3.00. The molecule has 0 saturated carbocycles. The topological polar surface area (TPSA) is 12.4 Å². The van der Waals surface area contributed by atoms with Crippen LogP contribution in [0.5, 0.6) is 0 Å². The Kier molecular flexibility index (Phi) is 4.23. The van der Waals surface area contributed by atoms with Gasteiger partial charge in [-0.25, -0.2) is 0 Å². The molecule has 0 aliphatic carbocycles. The highest BCUT2D eigenvalue weighted by molar-refractivity contribution is 5.94. The van der Waals surface area contributed by atoms with Crippen LogP contribution in [-0.2, 0) is 0 Å². The highest BCUT2D eigenvalue weighted by Gasteiger charge is 1.82. The minimum Gasteiger partial charge on any atom is -0.290 e. The Morgan fingerprint density at radius 2 is 2.25 bits per heavy atom. The molecule has 0 unspecified atom stereocenters. The summed E-state index contributed by atoms with van der Waals surface area (Å²) in [4.78, 5) is 4.16. The van der Waals surface area contributed by atoms with Gasteiger partial charge in [0.2, 0.25) is 0 Å². The van der Waals surface area contributed by atoms with E-state index in [1.165, 1.54) is 0 Å². The third-order valence-electron chi connectivity index (χ3n) is 0.959. The van der Waals surface area contributed by atoms with Crippen LogP contribution in [0.15, 0.2) is 17.6 Å². The summed E-state index contributed by atoms with van der Waals surface area (Å²) in [6.07, 6.45) is 2.81. The smallest absolute Gasteiger partial charge is 0.0364 e. The fraction of sp³-hybridized carbons (Fsp3) is 0.571. The summed E-state index contributed by atoms with van der Waals surface area (Å²) in [6.45, 7) is 8.60. The quantitative estimate of drug-likeness (QED) is 0.494. The molecule has 0 aromatic rings. The van der Waals surface area contributed by atoms with Gasteiger partial charge in [0, 0.05) is 12.3 Å². The van der Waals surface area contributed by atoms with Crippen molar-refractivity contribution >= 4 is 5.71 Å². The third kappa shape index (κ3) is 2.56. The SMILES string of the molecule is C=C/C(CC)=N/CC. The van der Waals surface area contributed by atoms with E-state index >= 15 is 0 Å². The number of aliphatic imine (C=N–C) groups is 1. The van der Waals surface area contributed by atoms with Gasteiger partial charge in [-0.15, -0.1) is 0 Å². The number of allylic oxidation sites excluding steroid dienone is 1. The van der Waals surface area contributed by atoms with Crippen molar-refractivity contribution in [1.82, 2.24) is 0 Å². The minimum atomic E-state index is 0.870. The van der Waals surface area contributed by atoms with E-state index in [1.54, 1.807) is 0 Å². The van der Waals surface area contributed by atoms with Crippen LogP contribution >= 0.6 is 0 Å². The van der Waals surface area contributed by atoms with Gasteiger partial charge in [-0.05, 0) is 19.4 Å². The lowest BCUT2D eigenvalue weighted by atomic mass is 10.3. The molecule has 8 heavy (non-hydrogen) atoms. The lowest BCUT2D eigenvalue weighted by Crippen LogP contribution is -1.89. The normalized spacial score (nSPS) is 11.5. The monoisotopic (exact) mass is 111 g/mol. The van der Waals surface area contributed by atoms with E-state index in [9.17, 15) is 0 Å². The van der Waals surface area contributed by atoms with Crippen LogP contribution in [0.3, 0.4) is 0 Å². The Labute approximate surface area is 51.1 Å². The van der Waals surface area contributed by atoms with E-state index in [0.717, 1.165) is 18.7 Å². The van der Waals surface area contributed by atoms with E-state index in [-0.39, 0.29) is 0 Å². The van der Waals surface area contributed by atoms with Gasteiger partial charge in [-0.1, -0.05) is 13.5 Å². The second-order valence-electron chi connectivity index (χ2n) is 1.52. The maximum absolute atomic E-state index is 4.16. The number of hydrogen-bond donors (Lipinski definition) is 0. The van der Waals surface area contributed by atoms with Crippen LogP contribution in [0.1, 0.15) is 20.3 Å². The average Bonchev–Trinajstić information content (AvgIpc) is 1.83. The first-order valence-electron chi connectivity index (χ1n) is 3.00. The molecule has 0 bridgehead atoms. The highest BCUT2D eigenvalue weighted by atomic mass is 14.7. The summed E-state index contributed by atoms with van der Waals surface area (Å²) >= 11 is 0. The fourth-order valence-electron chi connectivity index (χ4n) is 0.524. The van der Waals surface area contributed by atoms with Crippen molar-refractivity contribution in [3.8, 4) is 0 Å². The molecule has 0 N–H and O–H groups in total. The second-order valence-corrected chi connectivity index (χ2v) is 1.52. The number of nitrogens with zero attached hydrogens (tertiary/aromatic N) is 1. The highest BCUT2D eigenvalue weighted by Crippen LogP contribution is 1.85. The lowest BCUT2D eigenvalue weighted by molar-refractivity contribution is 1.11.